The molecule has 0 spiro atoms. The first kappa shape index (κ1) is 18.5. The van der Waals surface area contributed by atoms with Crippen LogP contribution < -0.4 is 0 Å². The van der Waals surface area contributed by atoms with Crippen LogP contribution in [-0.2, 0) is 22.4 Å². The van der Waals surface area contributed by atoms with Gasteiger partial charge in [0.25, 0.3) is 0 Å². The Bertz CT molecular complexity index is 25.1. The van der Waals surface area contributed by atoms with Crippen molar-refractivity contribution >= 4 is 0 Å². The third-order valence-corrected chi connectivity index (χ3v) is 0. The molecule has 0 aliphatic rings. The molecule has 0 amide bonds. The molecule has 0 saturated carbocycles. The van der Waals surface area contributed by atoms with Crippen molar-refractivity contribution < 1.29 is 22.4 Å². The van der Waals surface area contributed by atoms with Crippen molar-refractivity contribution in [1.82, 2.24) is 0 Å². The van der Waals surface area contributed by atoms with Gasteiger partial charge >= 0.3 is 0 Å². The van der Waals surface area contributed by atoms with E-state index >= 15 is 0 Å². The Morgan fingerprint density at radius 2 is 1.60 bits per heavy atom. The Morgan fingerprint density at radius 1 is 1.60 bits per heavy atom. The summed E-state index contributed by atoms with van der Waals surface area (Å²) in [6.45, 7) is 1.54. The van der Waals surface area contributed by atoms with Gasteiger partial charge in [-0.25, -0.2) is 0 Å². The van der Waals surface area contributed by atoms with E-state index in [0.717, 1.165) is 0 Å². The smallest absolute Gasteiger partial charge is 0 e. The summed E-state index contributed by atoms with van der Waals surface area (Å²) in [4.78, 5) is 0. The van der Waals surface area contributed by atoms with E-state index in [2.05, 4.69) is 0 Å². The van der Waals surface area contributed by atoms with Crippen LogP contribution in [0.3, 0.4) is 0 Å². The standard InChI is InChI=1S/C3H3.CH3.Au/c1-3-2;;/h1H3;1H3;/q2*-1;. The molecule has 0 aromatic heterocycles. The number of rotatable bonds is 0. The van der Waals surface area contributed by atoms with Crippen molar-refractivity contribution in [2.45, 2.75) is 6.92 Å². The van der Waals surface area contributed by atoms with Crippen LogP contribution in [-0.4, -0.2) is 0 Å². The molecule has 35 valence electrons. The number of hydrogen-bond donors (Lipinski definition) is 0. The van der Waals surface area contributed by atoms with Crippen LogP contribution in [0, 0.1) is 19.8 Å². The van der Waals surface area contributed by atoms with Gasteiger partial charge in [0, 0.05) is 22.4 Å². The average Bonchev–Trinajstić information content (AvgIpc) is 0.918. The SMILES string of the molecule is [Au].[C-]#CC.[CH3-]. The molecule has 0 nitrogen and oxygen atoms in total. The van der Waals surface area contributed by atoms with Gasteiger partial charge in [0.05, 0.1) is 0 Å². The van der Waals surface area contributed by atoms with E-state index in [1.165, 1.54) is 0 Å². The van der Waals surface area contributed by atoms with E-state index in [-0.39, 0.29) is 29.8 Å². The van der Waals surface area contributed by atoms with Gasteiger partial charge in [0.15, 0.2) is 0 Å². The zero-order chi connectivity index (χ0) is 2.71. The molecule has 0 saturated heterocycles. The van der Waals surface area contributed by atoms with Crippen molar-refractivity contribution in [1.29, 1.82) is 0 Å². The van der Waals surface area contributed by atoms with E-state index in [9.17, 15) is 0 Å². The van der Waals surface area contributed by atoms with Crippen molar-refractivity contribution in [3.8, 4) is 5.92 Å². The van der Waals surface area contributed by atoms with Crippen LogP contribution in [0.25, 0.3) is 0 Å². The first-order chi connectivity index (χ1) is 1.41. The molecular weight excluding hydrogens is 245 g/mol. The predicted octanol–water partition coefficient (Wildman–Crippen LogP) is 1.04. The van der Waals surface area contributed by atoms with Gasteiger partial charge in [0.2, 0.25) is 0 Å². The van der Waals surface area contributed by atoms with E-state index < -0.39 is 0 Å². The molecule has 0 heterocycles. The van der Waals surface area contributed by atoms with Gasteiger partial charge in [0.1, 0.15) is 0 Å². The van der Waals surface area contributed by atoms with E-state index in [4.69, 9.17) is 6.42 Å². The van der Waals surface area contributed by atoms with Crippen LogP contribution in [0.5, 0.6) is 0 Å². The molecule has 1 heteroatoms. The summed E-state index contributed by atoms with van der Waals surface area (Å²) in [6.07, 6.45) is 5.96. The fourth-order valence-corrected chi connectivity index (χ4v) is 0. The maximum absolute atomic E-state index is 5.96. The van der Waals surface area contributed by atoms with Crippen molar-refractivity contribution in [2.24, 2.45) is 0 Å². The third-order valence-electron chi connectivity index (χ3n) is 0. The summed E-state index contributed by atoms with van der Waals surface area (Å²) in [7, 11) is 0. The van der Waals surface area contributed by atoms with Crippen LogP contribution in [0.4, 0.5) is 0 Å². The van der Waals surface area contributed by atoms with Gasteiger partial charge < -0.3 is 19.8 Å². The first-order valence-corrected chi connectivity index (χ1v) is 0.750. The summed E-state index contributed by atoms with van der Waals surface area (Å²) in [5.41, 5.74) is 0. The minimum Gasteiger partial charge on any atom is -0.694 e. The molecule has 0 rings (SSSR count). The average molecular weight is 251 g/mol. The van der Waals surface area contributed by atoms with E-state index in [1.54, 1.807) is 6.92 Å². The molecule has 0 aliphatic carbocycles. The molecular formula is C4H6Au-2. The molecule has 0 bridgehead atoms. The van der Waals surface area contributed by atoms with Crippen molar-refractivity contribution in [2.75, 3.05) is 0 Å². The molecule has 0 aliphatic heterocycles. The largest absolute Gasteiger partial charge is 0.694 e. The van der Waals surface area contributed by atoms with Crippen LogP contribution in [0.1, 0.15) is 6.92 Å². The Balaban J connectivity index is -0.0000000200. The van der Waals surface area contributed by atoms with Gasteiger partial charge in [-0.1, -0.05) is 0 Å². The summed E-state index contributed by atoms with van der Waals surface area (Å²) in [6, 6.07) is 0. The molecule has 0 aromatic carbocycles. The summed E-state index contributed by atoms with van der Waals surface area (Å²) in [5, 5.41) is 0. The Kier molecular flexibility index (Phi) is 103. The topological polar surface area (TPSA) is 0 Å². The number of hydrogen-bond acceptors (Lipinski definition) is 0. The zero-order valence-electron chi connectivity index (χ0n) is 3.30. The maximum Gasteiger partial charge on any atom is 0 e. The molecule has 5 heavy (non-hydrogen) atoms. The molecule has 0 fully saturated rings. The molecule has 1 radical (unpaired) electrons. The second-order valence-corrected chi connectivity index (χ2v) is 0.250. The molecule has 0 N–H and O–H groups in total. The fourth-order valence-electron chi connectivity index (χ4n) is 0. The van der Waals surface area contributed by atoms with Crippen LogP contribution in [0.2, 0.25) is 0 Å². The second kappa shape index (κ2) is 27.7. The fraction of sp³-hybridized carbons (Fsp3) is 0.250. The summed E-state index contributed by atoms with van der Waals surface area (Å²) >= 11 is 0. The van der Waals surface area contributed by atoms with Gasteiger partial charge in [-0.15, -0.1) is 0 Å². The molecule has 0 atom stereocenters. The Hall–Kier alpha value is 0.300. The predicted molar refractivity (Wildman–Crippen MR) is 19.2 cm³/mol. The Labute approximate surface area is 49.5 Å². The normalized spacial score (nSPS) is 1.60. The van der Waals surface area contributed by atoms with Gasteiger partial charge in [-0.2, -0.15) is 0 Å². The van der Waals surface area contributed by atoms with Gasteiger partial charge in [-0.3, -0.25) is 0 Å². The quantitative estimate of drug-likeness (QED) is 0.343. The van der Waals surface area contributed by atoms with Crippen LogP contribution >= 0.6 is 0 Å². The molecule has 0 unspecified atom stereocenters. The van der Waals surface area contributed by atoms with E-state index in [0.29, 0.717) is 0 Å². The van der Waals surface area contributed by atoms with Crippen molar-refractivity contribution in [3.63, 3.8) is 0 Å². The van der Waals surface area contributed by atoms with Gasteiger partial charge in [-0.05, 0) is 6.92 Å². The summed E-state index contributed by atoms with van der Waals surface area (Å²) in [5.74, 6) is 2.00. The third kappa shape index (κ3) is 252. The minimum atomic E-state index is 0. The summed E-state index contributed by atoms with van der Waals surface area (Å²) < 4.78 is 0. The maximum atomic E-state index is 5.96. The molecule has 0 aromatic rings. The second-order valence-electron chi connectivity index (χ2n) is 0.250. The van der Waals surface area contributed by atoms with Crippen LogP contribution in [0.15, 0.2) is 0 Å². The zero-order valence-corrected chi connectivity index (χ0v) is 5.47. The monoisotopic (exact) mass is 251 g/mol. The Morgan fingerprint density at radius 3 is 1.60 bits per heavy atom. The van der Waals surface area contributed by atoms with Crippen molar-refractivity contribution in [3.05, 3.63) is 13.9 Å². The minimum absolute atomic E-state index is 0. The first-order valence-electron chi connectivity index (χ1n) is 0.750. The van der Waals surface area contributed by atoms with E-state index in [1.807, 2.05) is 5.92 Å².